The van der Waals surface area contributed by atoms with Gasteiger partial charge in [0, 0.05) is 5.56 Å². The number of thiazole rings is 1. The molecule has 8 heteroatoms. The van der Waals surface area contributed by atoms with E-state index in [4.69, 9.17) is 10.5 Å². The molecule has 0 fully saturated rings. The number of carbonyl (C=O) groups excluding carboxylic acids is 3. The van der Waals surface area contributed by atoms with Gasteiger partial charge in [0.2, 0.25) is 5.91 Å². The molecule has 1 aliphatic rings. The van der Waals surface area contributed by atoms with Crippen molar-refractivity contribution in [3.63, 3.8) is 0 Å². The van der Waals surface area contributed by atoms with Crippen molar-refractivity contribution in [2.24, 2.45) is 5.73 Å². The van der Waals surface area contributed by atoms with Gasteiger partial charge in [0.15, 0.2) is 5.13 Å². The molecule has 0 saturated carbocycles. The maximum atomic E-state index is 12.7. The van der Waals surface area contributed by atoms with Crippen LogP contribution in [0, 0.1) is 13.8 Å². The summed E-state index contributed by atoms with van der Waals surface area (Å²) in [6.07, 6.45) is 1.38. The van der Waals surface area contributed by atoms with Gasteiger partial charge < -0.3 is 10.5 Å². The number of benzene rings is 2. The van der Waals surface area contributed by atoms with E-state index in [0.29, 0.717) is 39.9 Å². The van der Waals surface area contributed by atoms with E-state index in [9.17, 15) is 14.4 Å². The smallest absolute Gasteiger partial charge is 0.355 e. The van der Waals surface area contributed by atoms with Crippen LogP contribution in [0.5, 0.6) is 5.75 Å². The molecule has 1 heterocycles. The van der Waals surface area contributed by atoms with Crippen LogP contribution in [0.1, 0.15) is 54.8 Å². The largest absolute Gasteiger partial charge is 0.422 e. The van der Waals surface area contributed by atoms with Gasteiger partial charge in [-0.05, 0) is 61.6 Å². The maximum absolute atomic E-state index is 12.7. The number of aryl methyl sites for hydroxylation is 3. The van der Waals surface area contributed by atoms with Gasteiger partial charge in [-0.2, -0.15) is 0 Å². The van der Waals surface area contributed by atoms with Gasteiger partial charge in [0.05, 0.1) is 11.6 Å². The summed E-state index contributed by atoms with van der Waals surface area (Å²) in [6.45, 7) is 3.55. The Balaban J connectivity index is 1.48. The van der Waals surface area contributed by atoms with Crippen molar-refractivity contribution in [3.05, 3.63) is 75.3 Å². The number of aromatic nitrogens is 1. The van der Waals surface area contributed by atoms with Gasteiger partial charge in [0.1, 0.15) is 10.6 Å². The van der Waals surface area contributed by atoms with Crippen molar-refractivity contribution in [2.75, 3.05) is 5.32 Å². The molecular weight excluding hydrogens is 414 g/mol. The molecule has 0 bridgehead atoms. The third-order valence-corrected chi connectivity index (χ3v) is 6.39. The molecule has 3 aromatic rings. The molecule has 1 atom stereocenters. The van der Waals surface area contributed by atoms with E-state index in [1.807, 2.05) is 19.1 Å². The zero-order valence-electron chi connectivity index (χ0n) is 17.1. The minimum Gasteiger partial charge on any atom is -0.422 e. The zero-order chi connectivity index (χ0) is 22.1. The van der Waals surface area contributed by atoms with Crippen LogP contribution in [0.4, 0.5) is 5.13 Å². The monoisotopic (exact) mass is 435 g/mol. The first-order chi connectivity index (χ1) is 14.8. The predicted molar refractivity (Wildman–Crippen MR) is 118 cm³/mol. The van der Waals surface area contributed by atoms with E-state index >= 15 is 0 Å². The number of nitrogens with zero attached hydrogens (tertiary/aromatic N) is 1. The molecule has 0 saturated heterocycles. The quantitative estimate of drug-likeness (QED) is 0.468. The molecule has 1 aliphatic carbocycles. The first kappa shape index (κ1) is 20.7. The van der Waals surface area contributed by atoms with Crippen LogP contribution in [0.25, 0.3) is 0 Å². The second-order valence-electron chi connectivity index (χ2n) is 7.45. The highest BCUT2D eigenvalue weighted by atomic mass is 32.1. The lowest BCUT2D eigenvalue weighted by atomic mass is 10.0. The van der Waals surface area contributed by atoms with E-state index in [-0.39, 0.29) is 17.7 Å². The lowest BCUT2D eigenvalue weighted by molar-refractivity contribution is -0.119. The number of esters is 1. The van der Waals surface area contributed by atoms with Gasteiger partial charge in [-0.15, -0.1) is 0 Å². The predicted octanol–water partition coefficient (Wildman–Crippen LogP) is 3.75. The molecule has 1 aromatic heterocycles. The van der Waals surface area contributed by atoms with Crippen molar-refractivity contribution in [2.45, 2.75) is 32.6 Å². The Bertz CT molecular complexity index is 1200. The number of hydrogen-bond donors (Lipinski definition) is 2. The number of amides is 2. The second kappa shape index (κ2) is 8.31. The van der Waals surface area contributed by atoms with Crippen molar-refractivity contribution in [1.29, 1.82) is 0 Å². The molecule has 4 rings (SSSR count). The fourth-order valence-corrected chi connectivity index (χ4v) is 4.58. The van der Waals surface area contributed by atoms with E-state index < -0.39 is 5.97 Å². The fraction of sp³-hybridized carbons (Fsp3) is 0.217. The first-order valence-corrected chi connectivity index (χ1v) is 10.6. The molecule has 7 nitrogen and oxygen atoms in total. The van der Waals surface area contributed by atoms with Crippen molar-refractivity contribution in [1.82, 2.24) is 4.98 Å². The highest BCUT2D eigenvalue weighted by Crippen LogP contribution is 2.35. The van der Waals surface area contributed by atoms with E-state index in [0.717, 1.165) is 28.0 Å². The first-order valence-electron chi connectivity index (χ1n) is 9.82. The highest BCUT2D eigenvalue weighted by molar-refractivity contribution is 7.17. The molecule has 1 unspecified atom stereocenters. The number of carbonyl (C=O) groups is 3. The lowest BCUT2D eigenvalue weighted by Gasteiger charge is -2.08. The minimum absolute atomic E-state index is 0.283. The maximum Gasteiger partial charge on any atom is 0.355 e. The van der Waals surface area contributed by atoms with Gasteiger partial charge in [-0.3, -0.25) is 14.9 Å². The number of anilines is 1. The van der Waals surface area contributed by atoms with Crippen LogP contribution < -0.4 is 15.8 Å². The molecule has 0 aliphatic heterocycles. The summed E-state index contributed by atoms with van der Waals surface area (Å²) in [5.41, 5.74) is 9.17. The van der Waals surface area contributed by atoms with Gasteiger partial charge in [0.25, 0.3) is 5.91 Å². The average molecular weight is 436 g/mol. The molecule has 31 heavy (non-hydrogen) atoms. The normalized spacial score (nSPS) is 14.7. The summed E-state index contributed by atoms with van der Waals surface area (Å²) in [5, 5.41) is 3.07. The molecule has 0 radical (unpaired) electrons. The van der Waals surface area contributed by atoms with Gasteiger partial charge >= 0.3 is 5.97 Å². The summed E-state index contributed by atoms with van der Waals surface area (Å²) in [4.78, 5) is 41.3. The topological polar surface area (TPSA) is 111 Å². The number of fused-ring (bicyclic) bond motifs is 1. The zero-order valence-corrected chi connectivity index (χ0v) is 17.9. The molecule has 158 valence electrons. The molecule has 2 aromatic carbocycles. The number of hydrogen-bond acceptors (Lipinski definition) is 6. The SMILES string of the molecule is Cc1ccccc1C(=O)Nc1nc(C)c(C(=O)Oc2ccc3c(c2)CCC3C(N)=O)s1. The van der Waals surface area contributed by atoms with Gasteiger partial charge in [-0.1, -0.05) is 35.6 Å². The Kier molecular flexibility index (Phi) is 5.56. The Labute approximate surface area is 183 Å². The third kappa shape index (κ3) is 4.20. The van der Waals surface area contributed by atoms with Crippen molar-refractivity contribution < 1.29 is 19.1 Å². The van der Waals surface area contributed by atoms with Crippen LogP contribution in [-0.2, 0) is 11.2 Å². The summed E-state index contributed by atoms with van der Waals surface area (Å²) in [7, 11) is 0. The van der Waals surface area contributed by atoms with Crippen LogP contribution in [0.15, 0.2) is 42.5 Å². The highest BCUT2D eigenvalue weighted by Gasteiger charge is 2.27. The van der Waals surface area contributed by atoms with Gasteiger partial charge in [-0.25, -0.2) is 9.78 Å². The standard InChI is InChI=1S/C23H21N3O4S/c1-12-5-3-4-6-16(12)21(28)26-23-25-13(2)19(31-23)22(29)30-15-8-10-17-14(11-15)7-9-18(17)20(24)27/h3-6,8,10-11,18H,7,9H2,1-2H3,(H2,24,27)(H,25,26,28). The fourth-order valence-electron chi connectivity index (χ4n) is 3.74. The summed E-state index contributed by atoms with van der Waals surface area (Å²) in [5.74, 6) is -1.07. The summed E-state index contributed by atoms with van der Waals surface area (Å²) < 4.78 is 5.53. The number of nitrogens with two attached hydrogens (primary N) is 1. The Morgan fingerprint density at radius 2 is 1.94 bits per heavy atom. The Hall–Kier alpha value is -3.52. The number of nitrogens with one attached hydrogen (secondary N) is 1. The molecular formula is C23H21N3O4S. The number of rotatable bonds is 5. The number of ether oxygens (including phenoxy) is 1. The van der Waals surface area contributed by atoms with Crippen LogP contribution in [-0.4, -0.2) is 22.8 Å². The van der Waals surface area contributed by atoms with Crippen molar-refractivity contribution in [3.8, 4) is 5.75 Å². The summed E-state index contributed by atoms with van der Waals surface area (Å²) >= 11 is 1.07. The van der Waals surface area contributed by atoms with E-state index in [2.05, 4.69) is 10.3 Å². The second-order valence-corrected chi connectivity index (χ2v) is 8.45. The van der Waals surface area contributed by atoms with Crippen LogP contribution >= 0.6 is 11.3 Å². The Morgan fingerprint density at radius 3 is 2.68 bits per heavy atom. The third-order valence-electron chi connectivity index (χ3n) is 5.34. The van der Waals surface area contributed by atoms with E-state index in [1.165, 1.54) is 0 Å². The lowest BCUT2D eigenvalue weighted by Crippen LogP contribution is -2.19. The van der Waals surface area contributed by atoms with Crippen LogP contribution in [0.3, 0.4) is 0 Å². The van der Waals surface area contributed by atoms with Crippen molar-refractivity contribution >= 4 is 34.3 Å². The summed E-state index contributed by atoms with van der Waals surface area (Å²) in [6, 6.07) is 12.5. The van der Waals surface area contributed by atoms with Crippen LogP contribution in [0.2, 0.25) is 0 Å². The minimum atomic E-state index is -0.546. The molecule has 2 amide bonds. The molecule has 3 N–H and O–H groups in total. The number of primary amides is 1. The molecule has 0 spiro atoms. The average Bonchev–Trinajstić information content (AvgIpc) is 3.31. The Morgan fingerprint density at radius 1 is 1.16 bits per heavy atom. The van der Waals surface area contributed by atoms with E-state index in [1.54, 1.807) is 37.3 Å².